The molecular formula is C23H27N3O4. The Balaban J connectivity index is 1.27. The van der Waals surface area contributed by atoms with Crippen molar-refractivity contribution < 1.29 is 19.1 Å². The van der Waals surface area contributed by atoms with Crippen LogP contribution in [0.2, 0.25) is 0 Å². The van der Waals surface area contributed by atoms with Gasteiger partial charge >= 0.3 is 0 Å². The average molecular weight is 409 g/mol. The van der Waals surface area contributed by atoms with Gasteiger partial charge in [0.2, 0.25) is 5.91 Å². The van der Waals surface area contributed by atoms with E-state index in [1.807, 2.05) is 29.2 Å². The van der Waals surface area contributed by atoms with Crippen molar-refractivity contribution in [2.24, 2.45) is 5.92 Å². The fourth-order valence-electron chi connectivity index (χ4n) is 3.87. The number of rotatable bonds is 6. The molecule has 30 heavy (non-hydrogen) atoms. The number of hydrogen-bond acceptors (Lipinski definition) is 5. The van der Waals surface area contributed by atoms with E-state index in [0.717, 1.165) is 24.8 Å². The number of carbonyl (C=O) groups excluding carboxylic acids is 2. The highest BCUT2D eigenvalue weighted by Gasteiger charge is 2.31. The van der Waals surface area contributed by atoms with Gasteiger partial charge in [-0.3, -0.25) is 14.6 Å². The summed E-state index contributed by atoms with van der Waals surface area (Å²) < 4.78 is 11.4. The SMILES string of the molecule is O=C(NCc1cccnc1)c1cccc(OC2CCN(C(=O)[C@@H]3CCOC3)CC2)c1. The monoisotopic (exact) mass is 409 g/mol. The van der Waals surface area contributed by atoms with Gasteiger partial charge in [-0.15, -0.1) is 0 Å². The van der Waals surface area contributed by atoms with E-state index in [0.29, 0.717) is 44.2 Å². The lowest BCUT2D eigenvalue weighted by atomic mass is 10.0. The Morgan fingerprint density at radius 2 is 2.03 bits per heavy atom. The number of ether oxygens (including phenoxy) is 2. The van der Waals surface area contributed by atoms with E-state index in [1.165, 1.54) is 0 Å². The molecule has 1 aromatic carbocycles. The molecule has 0 unspecified atom stereocenters. The van der Waals surface area contributed by atoms with Crippen molar-refractivity contribution in [2.45, 2.75) is 31.9 Å². The molecular weight excluding hydrogens is 382 g/mol. The molecule has 2 fully saturated rings. The molecule has 2 aromatic rings. The van der Waals surface area contributed by atoms with Crippen LogP contribution in [-0.4, -0.2) is 54.1 Å². The van der Waals surface area contributed by atoms with Gasteiger partial charge in [-0.2, -0.15) is 0 Å². The molecule has 0 spiro atoms. The van der Waals surface area contributed by atoms with Crippen molar-refractivity contribution in [3.63, 3.8) is 0 Å². The van der Waals surface area contributed by atoms with Crippen molar-refractivity contribution >= 4 is 11.8 Å². The first-order valence-electron chi connectivity index (χ1n) is 10.5. The molecule has 0 bridgehead atoms. The second kappa shape index (κ2) is 9.71. The standard InChI is InChI=1S/C23H27N3O4/c27-22(25-15-17-3-2-9-24-14-17)18-4-1-5-21(13-18)30-20-6-10-26(11-7-20)23(28)19-8-12-29-16-19/h1-5,9,13-14,19-20H,6-8,10-12,15-16H2,(H,25,27)/t19-/m1/s1. The highest BCUT2D eigenvalue weighted by Crippen LogP contribution is 2.23. The maximum Gasteiger partial charge on any atom is 0.251 e. The van der Waals surface area contributed by atoms with Crippen molar-refractivity contribution in [1.82, 2.24) is 15.2 Å². The summed E-state index contributed by atoms with van der Waals surface area (Å²) in [7, 11) is 0. The molecule has 2 saturated heterocycles. The lowest BCUT2D eigenvalue weighted by Crippen LogP contribution is -2.44. The summed E-state index contributed by atoms with van der Waals surface area (Å²) in [6.45, 7) is 3.06. The lowest BCUT2D eigenvalue weighted by molar-refractivity contribution is -0.137. The Labute approximate surface area is 176 Å². The van der Waals surface area contributed by atoms with Crippen LogP contribution in [0.15, 0.2) is 48.8 Å². The number of amides is 2. The maximum absolute atomic E-state index is 12.5. The van der Waals surface area contributed by atoms with E-state index in [-0.39, 0.29) is 23.8 Å². The van der Waals surface area contributed by atoms with Gasteiger partial charge < -0.3 is 19.7 Å². The van der Waals surface area contributed by atoms with E-state index in [2.05, 4.69) is 10.3 Å². The zero-order valence-electron chi connectivity index (χ0n) is 17.0. The van der Waals surface area contributed by atoms with Crippen LogP contribution in [0.4, 0.5) is 0 Å². The molecule has 3 heterocycles. The number of nitrogens with zero attached hydrogens (tertiary/aromatic N) is 2. The number of likely N-dealkylation sites (tertiary alicyclic amines) is 1. The van der Waals surface area contributed by atoms with Crippen LogP contribution in [0.3, 0.4) is 0 Å². The van der Waals surface area contributed by atoms with Crippen LogP contribution >= 0.6 is 0 Å². The van der Waals surface area contributed by atoms with Gasteiger partial charge in [-0.05, 0) is 36.2 Å². The molecule has 4 rings (SSSR count). The Hall–Kier alpha value is -2.93. The first kappa shape index (κ1) is 20.3. The summed E-state index contributed by atoms with van der Waals surface area (Å²) in [5.74, 6) is 0.754. The minimum absolute atomic E-state index is 0.0179. The van der Waals surface area contributed by atoms with Crippen molar-refractivity contribution in [1.29, 1.82) is 0 Å². The Kier molecular flexibility index (Phi) is 6.59. The van der Waals surface area contributed by atoms with E-state index in [4.69, 9.17) is 9.47 Å². The largest absolute Gasteiger partial charge is 0.490 e. The lowest BCUT2D eigenvalue weighted by Gasteiger charge is -2.33. The fourth-order valence-corrected chi connectivity index (χ4v) is 3.87. The second-order valence-corrected chi connectivity index (χ2v) is 7.77. The van der Waals surface area contributed by atoms with Gasteiger partial charge in [0.25, 0.3) is 5.91 Å². The summed E-state index contributed by atoms with van der Waals surface area (Å²) in [5, 5.41) is 2.90. The predicted molar refractivity (Wildman–Crippen MR) is 111 cm³/mol. The van der Waals surface area contributed by atoms with Gasteiger partial charge in [-0.25, -0.2) is 0 Å². The van der Waals surface area contributed by atoms with Crippen LogP contribution in [0, 0.1) is 5.92 Å². The molecule has 7 nitrogen and oxygen atoms in total. The molecule has 0 aliphatic carbocycles. The molecule has 1 N–H and O–H groups in total. The van der Waals surface area contributed by atoms with Gasteiger partial charge in [0.1, 0.15) is 11.9 Å². The normalized spacial score (nSPS) is 19.5. The summed E-state index contributed by atoms with van der Waals surface area (Å²) in [4.78, 5) is 31.0. The van der Waals surface area contributed by atoms with Crippen molar-refractivity contribution in [3.8, 4) is 5.75 Å². The molecule has 1 aromatic heterocycles. The summed E-state index contributed by atoms with van der Waals surface area (Å²) in [5.41, 5.74) is 1.51. The first-order chi connectivity index (χ1) is 14.7. The number of benzene rings is 1. The summed E-state index contributed by atoms with van der Waals surface area (Å²) in [6.07, 6.45) is 5.88. The molecule has 2 aliphatic heterocycles. The second-order valence-electron chi connectivity index (χ2n) is 7.77. The van der Waals surface area contributed by atoms with E-state index >= 15 is 0 Å². The number of hydrogen-bond donors (Lipinski definition) is 1. The number of nitrogens with one attached hydrogen (secondary N) is 1. The Morgan fingerprint density at radius 3 is 2.77 bits per heavy atom. The third-order valence-corrected chi connectivity index (χ3v) is 5.61. The van der Waals surface area contributed by atoms with Gasteiger partial charge in [0.15, 0.2) is 0 Å². The number of pyridine rings is 1. The quantitative estimate of drug-likeness (QED) is 0.793. The third kappa shape index (κ3) is 5.16. The molecule has 0 saturated carbocycles. The minimum Gasteiger partial charge on any atom is -0.490 e. The van der Waals surface area contributed by atoms with Gasteiger partial charge in [-0.1, -0.05) is 12.1 Å². The van der Waals surface area contributed by atoms with Crippen LogP contribution in [0.1, 0.15) is 35.2 Å². The highest BCUT2D eigenvalue weighted by atomic mass is 16.5. The van der Waals surface area contributed by atoms with Gasteiger partial charge in [0, 0.05) is 57.0 Å². The maximum atomic E-state index is 12.5. The van der Waals surface area contributed by atoms with Crippen LogP contribution < -0.4 is 10.1 Å². The summed E-state index contributed by atoms with van der Waals surface area (Å²) >= 11 is 0. The Bertz CT molecular complexity index is 860. The number of piperidine rings is 1. The van der Waals surface area contributed by atoms with Crippen LogP contribution in [-0.2, 0) is 16.1 Å². The fraction of sp³-hybridized carbons (Fsp3) is 0.435. The molecule has 2 amide bonds. The molecule has 158 valence electrons. The zero-order chi connectivity index (χ0) is 20.8. The topological polar surface area (TPSA) is 80.8 Å². The van der Waals surface area contributed by atoms with E-state index in [1.54, 1.807) is 24.5 Å². The average Bonchev–Trinajstić information content (AvgIpc) is 3.33. The predicted octanol–water partition coefficient (Wildman–Crippen LogP) is 2.42. The Morgan fingerprint density at radius 1 is 1.17 bits per heavy atom. The highest BCUT2D eigenvalue weighted by molar-refractivity contribution is 5.94. The van der Waals surface area contributed by atoms with E-state index < -0.39 is 0 Å². The smallest absolute Gasteiger partial charge is 0.251 e. The molecule has 2 aliphatic rings. The van der Waals surface area contributed by atoms with E-state index in [9.17, 15) is 9.59 Å². The zero-order valence-corrected chi connectivity index (χ0v) is 17.0. The summed E-state index contributed by atoms with van der Waals surface area (Å²) in [6, 6.07) is 11.0. The first-order valence-corrected chi connectivity index (χ1v) is 10.5. The minimum atomic E-state index is -0.150. The van der Waals surface area contributed by atoms with Crippen molar-refractivity contribution in [3.05, 3.63) is 59.9 Å². The molecule has 1 atom stereocenters. The molecule has 7 heteroatoms. The van der Waals surface area contributed by atoms with Crippen LogP contribution in [0.25, 0.3) is 0 Å². The number of carbonyl (C=O) groups is 2. The van der Waals surface area contributed by atoms with Gasteiger partial charge in [0.05, 0.1) is 12.5 Å². The third-order valence-electron chi connectivity index (χ3n) is 5.61. The number of aromatic nitrogens is 1. The van der Waals surface area contributed by atoms with Crippen LogP contribution in [0.5, 0.6) is 5.75 Å². The molecule has 0 radical (unpaired) electrons. The van der Waals surface area contributed by atoms with Crippen molar-refractivity contribution in [2.75, 3.05) is 26.3 Å².